The van der Waals surface area contributed by atoms with Crippen LogP contribution in [0, 0.1) is 0 Å². The average molecular weight is 546 g/mol. The fourth-order valence-electron chi connectivity index (χ4n) is 4.91. The molecule has 0 aliphatic carbocycles. The maximum atomic E-state index is 13.1. The van der Waals surface area contributed by atoms with Crippen LogP contribution in [0.3, 0.4) is 0 Å². The summed E-state index contributed by atoms with van der Waals surface area (Å²) in [6.45, 7) is 0.731. The Morgan fingerprint density at radius 3 is 2.56 bits per heavy atom. The molecule has 3 aliphatic rings. The molecule has 2 unspecified atom stereocenters. The second-order valence-electron chi connectivity index (χ2n) is 9.55. The van der Waals surface area contributed by atoms with Crippen LogP contribution >= 0.6 is 11.8 Å². The van der Waals surface area contributed by atoms with Crippen LogP contribution < -0.4 is 5.32 Å². The number of hydroxylamine groups is 2. The topological polar surface area (TPSA) is 158 Å². The van der Waals surface area contributed by atoms with Gasteiger partial charge >= 0.3 is 16.4 Å². The van der Waals surface area contributed by atoms with Crippen LogP contribution in [-0.2, 0) is 37.1 Å². The maximum Gasteiger partial charge on any atom is 0.418 e. The number of likely N-dealkylation sites (N-methyl/N-ethyl adjacent to an activating group) is 1. The van der Waals surface area contributed by atoms with Crippen molar-refractivity contribution in [2.45, 2.75) is 42.0 Å². The van der Waals surface area contributed by atoms with Gasteiger partial charge in [-0.25, -0.2) is 4.79 Å². The molecule has 0 aromatic carbocycles. The molecule has 0 spiro atoms. The highest BCUT2D eigenvalue weighted by atomic mass is 32.3. The van der Waals surface area contributed by atoms with Crippen LogP contribution in [0.2, 0.25) is 0 Å². The average Bonchev–Trinajstić information content (AvgIpc) is 3.43. The third-order valence-corrected chi connectivity index (χ3v) is 8.22. The zero-order valence-corrected chi connectivity index (χ0v) is 22.4. The van der Waals surface area contributed by atoms with Crippen molar-refractivity contribution in [3.63, 3.8) is 0 Å². The second kappa shape index (κ2) is 9.81. The number of amides is 4. The molecule has 200 valence electrons. The number of rotatable bonds is 8. The van der Waals surface area contributed by atoms with Gasteiger partial charge in [-0.2, -0.15) is 30.3 Å². The highest BCUT2D eigenvalue weighted by Crippen LogP contribution is 2.46. The summed E-state index contributed by atoms with van der Waals surface area (Å²) in [6.07, 6.45) is 1.22. The van der Waals surface area contributed by atoms with Gasteiger partial charge in [0.05, 0.1) is 17.9 Å². The first-order valence-electron chi connectivity index (χ1n) is 11.4. The number of fused-ring (bicyclic) bond motifs is 4. The first-order valence-corrected chi connectivity index (χ1v) is 13.8. The Morgan fingerprint density at radius 1 is 1.25 bits per heavy atom. The van der Waals surface area contributed by atoms with E-state index in [0.29, 0.717) is 34.2 Å². The van der Waals surface area contributed by atoms with Gasteiger partial charge in [0.25, 0.3) is 5.91 Å². The molecule has 36 heavy (non-hydrogen) atoms. The predicted octanol–water partition coefficient (Wildman–Crippen LogP) is -0.482. The van der Waals surface area contributed by atoms with Gasteiger partial charge in [0.1, 0.15) is 6.04 Å². The van der Waals surface area contributed by atoms with E-state index in [1.165, 1.54) is 9.80 Å². The third kappa shape index (κ3) is 5.04. The molecule has 4 amide bonds. The maximum absolute atomic E-state index is 13.1. The smallest absolute Gasteiger partial charge is 0.349 e. The van der Waals surface area contributed by atoms with E-state index in [1.54, 1.807) is 56.6 Å². The normalized spacial score (nSPS) is 25.3. The molecular weight excluding hydrogens is 514 g/mol. The minimum absolute atomic E-state index is 0.00860. The number of urea groups is 1. The summed E-state index contributed by atoms with van der Waals surface area (Å²) in [7, 11) is 3.29. The first-order chi connectivity index (χ1) is 16.8. The third-order valence-electron chi connectivity index (χ3n) is 6.60. The number of hydrogen-bond donors (Lipinski definition) is 2. The minimum Gasteiger partial charge on any atom is -0.349 e. The predicted molar refractivity (Wildman–Crippen MR) is 129 cm³/mol. The molecular formula is C20H31N7O7S2. The van der Waals surface area contributed by atoms with Gasteiger partial charge in [0.15, 0.2) is 6.04 Å². The lowest BCUT2D eigenvalue weighted by Gasteiger charge is -2.32. The molecule has 4 heterocycles. The zero-order chi connectivity index (χ0) is 26.5. The summed E-state index contributed by atoms with van der Waals surface area (Å²) in [5.74, 6) is 0.132. The van der Waals surface area contributed by atoms with Gasteiger partial charge in [0, 0.05) is 70.8 Å². The lowest BCUT2D eigenvalue weighted by Crippen LogP contribution is -2.44. The van der Waals surface area contributed by atoms with Crippen molar-refractivity contribution in [2.75, 3.05) is 41.3 Å². The van der Waals surface area contributed by atoms with E-state index in [2.05, 4.69) is 14.7 Å². The van der Waals surface area contributed by atoms with E-state index in [9.17, 15) is 27.4 Å². The molecule has 2 bridgehead atoms. The molecule has 0 saturated carbocycles. The molecule has 16 heteroatoms. The Kier molecular flexibility index (Phi) is 7.27. The molecule has 4 rings (SSSR count). The number of hydrogen-bond acceptors (Lipinski definition) is 9. The van der Waals surface area contributed by atoms with Crippen molar-refractivity contribution in [3.05, 3.63) is 17.0 Å². The molecule has 1 aromatic rings. The van der Waals surface area contributed by atoms with Gasteiger partial charge in [-0.1, -0.05) is 0 Å². The van der Waals surface area contributed by atoms with Gasteiger partial charge < -0.3 is 20.0 Å². The quantitative estimate of drug-likeness (QED) is 0.409. The van der Waals surface area contributed by atoms with E-state index in [0.717, 1.165) is 13.0 Å². The first kappa shape index (κ1) is 26.7. The lowest BCUT2D eigenvalue weighted by molar-refractivity contribution is -0.134. The van der Waals surface area contributed by atoms with Crippen molar-refractivity contribution < 1.29 is 31.6 Å². The van der Waals surface area contributed by atoms with Gasteiger partial charge in [0.2, 0.25) is 5.91 Å². The molecule has 3 aliphatic heterocycles. The fraction of sp³-hybridized carbons (Fsp3) is 0.700. The van der Waals surface area contributed by atoms with Crippen LogP contribution in [0.4, 0.5) is 4.79 Å². The van der Waals surface area contributed by atoms with E-state index in [-0.39, 0.29) is 29.7 Å². The van der Waals surface area contributed by atoms with Gasteiger partial charge in [-0.05, 0) is 6.42 Å². The van der Waals surface area contributed by atoms with Gasteiger partial charge in [-0.15, -0.1) is 4.28 Å². The van der Waals surface area contributed by atoms with Crippen molar-refractivity contribution in [2.24, 2.45) is 7.05 Å². The zero-order valence-electron chi connectivity index (χ0n) is 20.7. The number of aromatic nitrogens is 2. The van der Waals surface area contributed by atoms with Crippen LogP contribution in [0.1, 0.15) is 41.9 Å². The van der Waals surface area contributed by atoms with Crippen LogP contribution in [0.25, 0.3) is 0 Å². The van der Waals surface area contributed by atoms with Crippen LogP contribution in [-0.4, -0.2) is 113 Å². The highest BCUT2D eigenvalue weighted by Gasteiger charge is 2.55. The van der Waals surface area contributed by atoms with E-state index in [4.69, 9.17) is 0 Å². The van der Waals surface area contributed by atoms with Crippen LogP contribution in [0.5, 0.6) is 0 Å². The number of nitrogens with one attached hydrogen (secondary N) is 1. The Hall–Kier alpha value is -2.40. The Morgan fingerprint density at radius 2 is 1.94 bits per heavy atom. The van der Waals surface area contributed by atoms with Crippen molar-refractivity contribution in [1.82, 2.24) is 34.9 Å². The summed E-state index contributed by atoms with van der Waals surface area (Å²) in [5.41, 5.74) is 1.63. The molecule has 2 fully saturated rings. The molecule has 14 nitrogen and oxygen atoms in total. The Labute approximate surface area is 213 Å². The lowest BCUT2D eigenvalue weighted by atomic mass is 9.95. The van der Waals surface area contributed by atoms with Crippen molar-refractivity contribution in [1.29, 1.82) is 0 Å². The van der Waals surface area contributed by atoms with E-state index in [1.807, 2.05) is 0 Å². The molecule has 0 radical (unpaired) electrons. The summed E-state index contributed by atoms with van der Waals surface area (Å²) in [6, 6.07) is -2.63. The number of nitrogens with zero attached hydrogens (tertiary/aromatic N) is 6. The van der Waals surface area contributed by atoms with Gasteiger partial charge in [-0.3, -0.25) is 18.8 Å². The summed E-state index contributed by atoms with van der Waals surface area (Å²) in [4.78, 5) is 42.3. The number of thioether (sulfide) groups is 1. The molecule has 2 N–H and O–H groups in total. The van der Waals surface area contributed by atoms with E-state index >= 15 is 0 Å². The number of carbonyl (C=O) groups is 3. The monoisotopic (exact) mass is 545 g/mol. The molecule has 1 aromatic heterocycles. The largest absolute Gasteiger partial charge is 0.418 e. The number of aryl methyl sites for hydroxylation is 1. The Bertz CT molecular complexity index is 1170. The van der Waals surface area contributed by atoms with Crippen molar-refractivity contribution in [3.8, 4) is 0 Å². The summed E-state index contributed by atoms with van der Waals surface area (Å²) in [5, 5.41) is 8.82. The molecule has 4 atom stereocenters. The Balaban J connectivity index is 1.59. The SMILES string of the molecule is CN(C)C(=O)C[C@@H]1C[C@H](SCc2nn(C)c3c2C2CN(C(=O)N2OS(=O)(=O)O)C3C(=O)N(C)C)CN1. The van der Waals surface area contributed by atoms with Crippen LogP contribution in [0.15, 0.2) is 0 Å². The highest BCUT2D eigenvalue weighted by molar-refractivity contribution is 7.99. The van der Waals surface area contributed by atoms with Crippen molar-refractivity contribution >= 4 is 40.0 Å². The second-order valence-corrected chi connectivity index (χ2v) is 11.8. The number of carbonyl (C=O) groups excluding carboxylic acids is 3. The standard InChI is InChI=1S/C20H31N7O7S2/c1-23(2)15(28)7-11-6-12(8-21-11)35-10-13-16-14-9-26(20(30)27(14)34-36(31,32)33)18(19(29)24(3)4)17(16)25(5)22-13/h11-12,14,18,21H,6-10H2,1-5H3,(H,31,32,33)/t11-,12-,14?,18?/m0/s1. The minimum atomic E-state index is -4.98. The fourth-order valence-corrected chi connectivity index (χ4v) is 6.47. The van der Waals surface area contributed by atoms with E-state index < -0.39 is 28.5 Å². The summed E-state index contributed by atoms with van der Waals surface area (Å²) < 4.78 is 38.4. The molecule has 2 saturated heterocycles. The summed E-state index contributed by atoms with van der Waals surface area (Å²) >= 11 is 1.64.